The van der Waals surface area contributed by atoms with Crippen LogP contribution >= 0.6 is 12.6 Å². The summed E-state index contributed by atoms with van der Waals surface area (Å²) in [6.45, 7) is 11.4. The van der Waals surface area contributed by atoms with Crippen molar-refractivity contribution in [2.75, 3.05) is 12.3 Å². The zero-order valence-corrected chi connectivity index (χ0v) is 21.4. The van der Waals surface area contributed by atoms with Crippen LogP contribution in [0.2, 0.25) is 0 Å². The molecule has 0 radical (unpaired) electrons. The smallest absolute Gasteiger partial charge is 0.408 e. The van der Waals surface area contributed by atoms with Crippen molar-refractivity contribution in [3.05, 3.63) is 29.8 Å². The summed E-state index contributed by atoms with van der Waals surface area (Å²) in [5.74, 6) is -0.953. The molecule has 8 nitrogen and oxygen atoms in total. The molecule has 0 fully saturated rings. The number of carbonyl (C=O) groups is 3. The lowest BCUT2D eigenvalue weighted by Gasteiger charge is -2.38. The lowest BCUT2D eigenvalue weighted by atomic mass is 9.99. The second kappa shape index (κ2) is 13.3. The van der Waals surface area contributed by atoms with Crippen LogP contribution in [0.25, 0.3) is 0 Å². The lowest BCUT2D eigenvalue weighted by molar-refractivity contribution is -0.144. The molecule has 0 bridgehead atoms. The summed E-state index contributed by atoms with van der Waals surface area (Å²) >= 11 is 4.26. The number of para-hydroxylation sites is 1. The van der Waals surface area contributed by atoms with Crippen molar-refractivity contribution >= 4 is 30.5 Å². The van der Waals surface area contributed by atoms with Gasteiger partial charge < -0.3 is 25.4 Å². The summed E-state index contributed by atoms with van der Waals surface area (Å²) in [5.41, 5.74) is -0.419. The second-order valence-corrected chi connectivity index (χ2v) is 9.36. The van der Waals surface area contributed by atoms with Gasteiger partial charge in [-0.05, 0) is 46.6 Å². The molecular formula is C24H39N3O5S. The molecule has 0 aliphatic rings. The molecule has 0 aromatic heterocycles. The van der Waals surface area contributed by atoms with E-state index in [2.05, 4.69) is 23.3 Å². The first kappa shape index (κ1) is 28.6. The highest BCUT2D eigenvalue weighted by molar-refractivity contribution is 7.80. The predicted molar refractivity (Wildman–Crippen MR) is 132 cm³/mol. The van der Waals surface area contributed by atoms with E-state index in [-0.39, 0.29) is 17.5 Å². The van der Waals surface area contributed by atoms with E-state index in [0.29, 0.717) is 18.5 Å². The molecule has 0 saturated heterocycles. The van der Waals surface area contributed by atoms with Gasteiger partial charge in [0.25, 0.3) is 0 Å². The van der Waals surface area contributed by atoms with E-state index in [9.17, 15) is 19.5 Å². The molecule has 3 N–H and O–H groups in total. The van der Waals surface area contributed by atoms with Crippen molar-refractivity contribution in [3.63, 3.8) is 0 Å². The summed E-state index contributed by atoms with van der Waals surface area (Å²) in [6.07, 6.45) is 1.50. The molecule has 0 aliphatic carbocycles. The van der Waals surface area contributed by atoms with Gasteiger partial charge in [-0.3, -0.25) is 9.59 Å². The number of ether oxygens (including phenoxy) is 1. The fourth-order valence-electron chi connectivity index (χ4n) is 3.23. The Bertz CT molecular complexity index is 797. The van der Waals surface area contributed by atoms with E-state index < -0.39 is 35.6 Å². The van der Waals surface area contributed by atoms with Crippen LogP contribution in [-0.2, 0) is 14.3 Å². The molecule has 3 atom stereocenters. The Kier molecular flexibility index (Phi) is 11.6. The number of alkyl carbamates (subject to hydrolysis) is 1. The molecular weight excluding hydrogens is 442 g/mol. The van der Waals surface area contributed by atoms with Crippen LogP contribution < -0.4 is 10.6 Å². The number of hydrogen-bond donors (Lipinski definition) is 4. The van der Waals surface area contributed by atoms with Crippen molar-refractivity contribution < 1.29 is 24.2 Å². The molecule has 0 aliphatic heterocycles. The maximum Gasteiger partial charge on any atom is 0.408 e. The highest BCUT2D eigenvalue weighted by Gasteiger charge is 2.39. The van der Waals surface area contributed by atoms with Gasteiger partial charge in [-0.25, -0.2) is 4.79 Å². The average Bonchev–Trinajstić information content (AvgIpc) is 2.74. The largest absolute Gasteiger partial charge is 0.508 e. The number of phenolic OH excluding ortho intramolecular Hbond substituents is 1. The molecule has 3 amide bonds. The van der Waals surface area contributed by atoms with E-state index in [4.69, 9.17) is 4.74 Å². The van der Waals surface area contributed by atoms with Gasteiger partial charge in [0.1, 0.15) is 23.4 Å². The van der Waals surface area contributed by atoms with Crippen molar-refractivity contribution in [3.8, 4) is 5.75 Å². The zero-order chi connectivity index (χ0) is 25.2. The Hall–Kier alpha value is -2.42. The number of aromatic hydroxyl groups is 1. The number of nitrogens with zero attached hydrogens (tertiary/aromatic N) is 1. The predicted octanol–water partition coefficient (Wildman–Crippen LogP) is 3.80. The SMILES string of the molecule is CCCCNC(=O)C(c1ccccc1O)N(C(=O)C(CS)NC(=O)OC(C)(C)C)C(C)CC. The zero-order valence-electron chi connectivity index (χ0n) is 20.6. The van der Waals surface area contributed by atoms with Crippen LogP contribution in [0, 0.1) is 0 Å². The van der Waals surface area contributed by atoms with Gasteiger partial charge >= 0.3 is 6.09 Å². The highest BCUT2D eigenvalue weighted by Crippen LogP contribution is 2.31. The molecule has 1 aromatic carbocycles. The summed E-state index contributed by atoms with van der Waals surface area (Å²) in [5, 5.41) is 16.0. The molecule has 186 valence electrons. The number of unbranched alkanes of at least 4 members (excludes halogenated alkanes) is 1. The summed E-state index contributed by atoms with van der Waals surface area (Å²) < 4.78 is 5.29. The molecule has 33 heavy (non-hydrogen) atoms. The maximum atomic E-state index is 13.7. The highest BCUT2D eigenvalue weighted by atomic mass is 32.1. The first-order valence-electron chi connectivity index (χ1n) is 11.4. The molecule has 0 saturated carbocycles. The van der Waals surface area contributed by atoms with E-state index in [1.165, 1.54) is 11.0 Å². The van der Waals surface area contributed by atoms with Gasteiger partial charge in [-0.15, -0.1) is 0 Å². The standard InChI is InChI=1S/C24H39N3O5S/c1-7-9-14-25-21(29)20(17-12-10-11-13-19(17)28)27(16(3)8-2)22(30)18(15-33)26-23(31)32-24(4,5)6/h10-13,16,18,20,28,33H,7-9,14-15H2,1-6H3,(H,25,29)(H,26,31). The Balaban J connectivity index is 3.38. The minimum absolute atomic E-state index is 0.00988. The van der Waals surface area contributed by atoms with Crippen LogP contribution in [-0.4, -0.2) is 57.9 Å². The van der Waals surface area contributed by atoms with Gasteiger partial charge in [0, 0.05) is 23.9 Å². The van der Waals surface area contributed by atoms with Crippen LogP contribution in [0.1, 0.15) is 72.4 Å². The molecule has 0 heterocycles. The van der Waals surface area contributed by atoms with Gasteiger partial charge in [0.2, 0.25) is 11.8 Å². The third-order valence-electron chi connectivity index (χ3n) is 5.08. The van der Waals surface area contributed by atoms with Crippen molar-refractivity contribution in [1.82, 2.24) is 15.5 Å². The topological polar surface area (TPSA) is 108 Å². The van der Waals surface area contributed by atoms with Gasteiger partial charge in [-0.1, -0.05) is 38.5 Å². The van der Waals surface area contributed by atoms with Crippen molar-refractivity contribution in [1.29, 1.82) is 0 Å². The number of amides is 3. The molecule has 1 aromatic rings. The Morgan fingerprint density at radius 1 is 1.18 bits per heavy atom. The molecule has 1 rings (SSSR count). The Morgan fingerprint density at radius 3 is 2.33 bits per heavy atom. The summed E-state index contributed by atoms with van der Waals surface area (Å²) in [4.78, 5) is 40.8. The quantitative estimate of drug-likeness (QED) is 0.284. The Morgan fingerprint density at radius 2 is 1.82 bits per heavy atom. The number of phenols is 1. The third kappa shape index (κ3) is 8.79. The lowest BCUT2D eigenvalue weighted by Crippen LogP contribution is -2.56. The van der Waals surface area contributed by atoms with Crippen LogP contribution in [0.3, 0.4) is 0 Å². The normalized spacial score (nSPS) is 14.0. The van der Waals surface area contributed by atoms with Crippen LogP contribution in [0.4, 0.5) is 4.79 Å². The fourth-order valence-corrected chi connectivity index (χ4v) is 3.48. The average molecular weight is 482 g/mol. The number of benzene rings is 1. The number of hydrogen-bond acceptors (Lipinski definition) is 6. The first-order valence-corrected chi connectivity index (χ1v) is 12.1. The third-order valence-corrected chi connectivity index (χ3v) is 5.44. The van der Waals surface area contributed by atoms with E-state index in [0.717, 1.165) is 12.8 Å². The van der Waals surface area contributed by atoms with Gasteiger partial charge in [-0.2, -0.15) is 12.6 Å². The monoisotopic (exact) mass is 481 g/mol. The summed E-state index contributed by atoms with van der Waals surface area (Å²) in [7, 11) is 0. The van der Waals surface area contributed by atoms with E-state index >= 15 is 0 Å². The second-order valence-electron chi connectivity index (χ2n) is 8.99. The van der Waals surface area contributed by atoms with Crippen molar-refractivity contribution in [2.45, 2.75) is 84.5 Å². The minimum Gasteiger partial charge on any atom is -0.508 e. The van der Waals surface area contributed by atoms with Gasteiger partial charge in [0.15, 0.2) is 0 Å². The molecule has 9 heteroatoms. The number of nitrogens with one attached hydrogen (secondary N) is 2. The van der Waals surface area contributed by atoms with Crippen LogP contribution in [0.15, 0.2) is 24.3 Å². The van der Waals surface area contributed by atoms with Crippen molar-refractivity contribution in [2.24, 2.45) is 0 Å². The number of carbonyl (C=O) groups excluding carboxylic acids is 3. The summed E-state index contributed by atoms with van der Waals surface area (Å²) in [6, 6.07) is 4.01. The van der Waals surface area contributed by atoms with Gasteiger partial charge in [0.05, 0.1) is 0 Å². The minimum atomic E-state index is -1.08. The van der Waals surface area contributed by atoms with E-state index in [1.807, 2.05) is 20.8 Å². The Labute approximate surface area is 202 Å². The fraction of sp³-hybridized carbons (Fsp3) is 0.625. The first-order chi connectivity index (χ1) is 15.5. The maximum absolute atomic E-state index is 13.7. The molecule has 0 spiro atoms. The number of rotatable bonds is 11. The van der Waals surface area contributed by atoms with Crippen LogP contribution in [0.5, 0.6) is 5.75 Å². The number of thiol groups is 1. The molecule has 3 unspecified atom stereocenters. The van der Waals surface area contributed by atoms with E-state index in [1.54, 1.807) is 39.0 Å².